The fraction of sp³-hybridized carbons (Fsp3) is 0.417. The third-order valence-electron chi connectivity index (χ3n) is 2.60. The molecule has 1 aliphatic rings. The van der Waals surface area contributed by atoms with Gasteiger partial charge in [0.05, 0.1) is 12.7 Å². The predicted octanol–water partition coefficient (Wildman–Crippen LogP) is 2.20. The molecule has 4 heteroatoms. The van der Waals surface area contributed by atoms with E-state index in [1.165, 1.54) is 0 Å². The topological polar surface area (TPSA) is 29.5 Å². The first-order valence-corrected chi connectivity index (χ1v) is 5.71. The Morgan fingerprint density at radius 3 is 3.06 bits per heavy atom. The van der Waals surface area contributed by atoms with Crippen LogP contribution in [0, 0.1) is 0 Å². The number of morpholine rings is 1. The lowest BCUT2D eigenvalue weighted by Crippen LogP contribution is -2.44. The van der Waals surface area contributed by atoms with Crippen LogP contribution in [0.25, 0.3) is 0 Å². The molecule has 1 heterocycles. The van der Waals surface area contributed by atoms with Gasteiger partial charge in [-0.3, -0.25) is 4.79 Å². The Morgan fingerprint density at radius 2 is 2.38 bits per heavy atom. The number of nitrogens with zero attached hydrogens (tertiary/aromatic N) is 1. The summed E-state index contributed by atoms with van der Waals surface area (Å²) >= 11 is 5.86. The molecule has 1 fully saturated rings. The van der Waals surface area contributed by atoms with Crippen LogP contribution in [0.3, 0.4) is 0 Å². The molecule has 0 aliphatic carbocycles. The van der Waals surface area contributed by atoms with E-state index in [2.05, 4.69) is 0 Å². The Labute approximate surface area is 100.0 Å². The van der Waals surface area contributed by atoms with E-state index >= 15 is 0 Å². The highest BCUT2D eigenvalue weighted by atomic mass is 35.5. The lowest BCUT2D eigenvalue weighted by molar-refractivity contribution is -0.0124. The maximum atomic E-state index is 12.1. The van der Waals surface area contributed by atoms with Crippen molar-refractivity contribution in [2.24, 2.45) is 0 Å². The molecule has 1 aromatic rings. The Balaban J connectivity index is 2.12. The van der Waals surface area contributed by atoms with E-state index in [0.717, 1.165) is 0 Å². The second-order valence-corrected chi connectivity index (χ2v) is 4.38. The Morgan fingerprint density at radius 1 is 1.56 bits per heavy atom. The number of rotatable bonds is 1. The first kappa shape index (κ1) is 11.4. The number of amides is 1. The van der Waals surface area contributed by atoms with Gasteiger partial charge in [-0.2, -0.15) is 0 Å². The fourth-order valence-electron chi connectivity index (χ4n) is 1.81. The average molecular weight is 240 g/mol. The minimum absolute atomic E-state index is 0.0256. The van der Waals surface area contributed by atoms with Gasteiger partial charge in [-0.25, -0.2) is 0 Å². The van der Waals surface area contributed by atoms with Crippen LogP contribution in [-0.4, -0.2) is 36.6 Å². The summed E-state index contributed by atoms with van der Waals surface area (Å²) in [7, 11) is 0. The summed E-state index contributed by atoms with van der Waals surface area (Å²) in [5.74, 6) is 0.0256. The van der Waals surface area contributed by atoms with Crippen LogP contribution >= 0.6 is 11.6 Å². The fourth-order valence-corrected chi connectivity index (χ4v) is 2.00. The minimum Gasteiger partial charge on any atom is -0.375 e. The average Bonchev–Trinajstić information content (AvgIpc) is 2.28. The first-order valence-electron chi connectivity index (χ1n) is 5.33. The summed E-state index contributed by atoms with van der Waals surface area (Å²) in [6, 6.07) is 7.04. The lowest BCUT2D eigenvalue weighted by Gasteiger charge is -2.31. The van der Waals surface area contributed by atoms with Gasteiger partial charge in [0.25, 0.3) is 5.91 Å². The molecule has 0 unspecified atom stereocenters. The molecule has 0 N–H and O–H groups in total. The van der Waals surface area contributed by atoms with Gasteiger partial charge < -0.3 is 9.64 Å². The maximum absolute atomic E-state index is 12.1. The molecule has 1 aliphatic heterocycles. The summed E-state index contributed by atoms with van der Waals surface area (Å²) in [6.45, 7) is 3.87. The quantitative estimate of drug-likeness (QED) is 0.752. The second-order valence-electron chi connectivity index (χ2n) is 3.94. The largest absolute Gasteiger partial charge is 0.375 e. The molecule has 0 saturated carbocycles. The molecule has 0 radical (unpaired) electrons. The maximum Gasteiger partial charge on any atom is 0.254 e. The molecule has 1 aromatic carbocycles. The Kier molecular flexibility index (Phi) is 3.46. The van der Waals surface area contributed by atoms with Crippen LogP contribution in [0.2, 0.25) is 5.02 Å². The zero-order chi connectivity index (χ0) is 11.5. The summed E-state index contributed by atoms with van der Waals surface area (Å²) in [5, 5.41) is 0.590. The van der Waals surface area contributed by atoms with E-state index in [1.807, 2.05) is 6.92 Å². The zero-order valence-electron chi connectivity index (χ0n) is 9.15. The van der Waals surface area contributed by atoms with Crippen molar-refractivity contribution in [2.45, 2.75) is 13.0 Å². The van der Waals surface area contributed by atoms with Crippen molar-refractivity contribution >= 4 is 17.5 Å². The highest BCUT2D eigenvalue weighted by Gasteiger charge is 2.22. The van der Waals surface area contributed by atoms with Gasteiger partial charge in [0, 0.05) is 23.7 Å². The third-order valence-corrected chi connectivity index (χ3v) is 2.83. The number of hydrogen-bond acceptors (Lipinski definition) is 2. The molecular formula is C12H14ClNO2. The van der Waals surface area contributed by atoms with Crippen molar-refractivity contribution < 1.29 is 9.53 Å². The Bertz CT molecular complexity index is 394. The highest BCUT2D eigenvalue weighted by Crippen LogP contribution is 2.14. The summed E-state index contributed by atoms with van der Waals surface area (Å²) in [5.41, 5.74) is 0.640. The van der Waals surface area contributed by atoms with E-state index in [4.69, 9.17) is 16.3 Å². The summed E-state index contributed by atoms with van der Waals surface area (Å²) in [4.78, 5) is 13.9. The van der Waals surface area contributed by atoms with Gasteiger partial charge in [0.1, 0.15) is 0 Å². The number of ether oxygens (including phenoxy) is 1. The SMILES string of the molecule is C[C@H]1CN(C(=O)c2cccc(Cl)c2)CCO1. The van der Waals surface area contributed by atoms with Gasteiger partial charge in [-0.15, -0.1) is 0 Å². The van der Waals surface area contributed by atoms with Gasteiger partial charge in [-0.05, 0) is 25.1 Å². The first-order chi connectivity index (χ1) is 7.66. The monoisotopic (exact) mass is 239 g/mol. The molecule has 0 spiro atoms. The lowest BCUT2D eigenvalue weighted by atomic mass is 10.2. The van der Waals surface area contributed by atoms with Crippen LogP contribution in [0.4, 0.5) is 0 Å². The Hall–Kier alpha value is -1.06. The second kappa shape index (κ2) is 4.85. The van der Waals surface area contributed by atoms with E-state index in [1.54, 1.807) is 29.2 Å². The van der Waals surface area contributed by atoms with Gasteiger partial charge in [0.2, 0.25) is 0 Å². The molecule has 0 bridgehead atoms. The number of benzene rings is 1. The van der Waals surface area contributed by atoms with Crippen LogP contribution in [0.5, 0.6) is 0 Å². The number of hydrogen-bond donors (Lipinski definition) is 0. The predicted molar refractivity (Wildman–Crippen MR) is 62.8 cm³/mol. The van der Waals surface area contributed by atoms with E-state index in [-0.39, 0.29) is 12.0 Å². The zero-order valence-corrected chi connectivity index (χ0v) is 9.91. The van der Waals surface area contributed by atoms with E-state index in [0.29, 0.717) is 30.3 Å². The number of halogens is 1. The van der Waals surface area contributed by atoms with Gasteiger partial charge >= 0.3 is 0 Å². The van der Waals surface area contributed by atoms with Crippen molar-refractivity contribution in [1.29, 1.82) is 0 Å². The van der Waals surface area contributed by atoms with E-state index in [9.17, 15) is 4.79 Å². The van der Waals surface area contributed by atoms with Gasteiger partial charge in [-0.1, -0.05) is 17.7 Å². The molecule has 2 rings (SSSR count). The summed E-state index contributed by atoms with van der Waals surface area (Å²) < 4.78 is 5.40. The minimum atomic E-state index is 0.0256. The van der Waals surface area contributed by atoms with Crippen molar-refractivity contribution in [3.8, 4) is 0 Å². The van der Waals surface area contributed by atoms with Gasteiger partial charge in [0.15, 0.2) is 0 Å². The van der Waals surface area contributed by atoms with E-state index < -0.39 is 0 Å². The van der Waals surface area contributed by atoms with Crippen molar-refractivity contribution in [2.75, 3.05) is 19.7 Å². The van der Waals surface area contributed by atoms with Crippen LogP contribution in [-0.2, 0) is 4.74 Å². The number of carbonyl (C=O) groups excluding carboxylic acids is 1. The molecule has 86 valence electrons. The van der Waals surface area contributed by atoms with Crippen LogP contribution in [0.1, 0.15) is 17.3 Å². The third kappa shape index (κ3) is 2.54. The van der Waals surface area contributed by atoms with Crippen LogP contribution in [0.15, 0.2) is 24.3 Å². The highest BCUT2D eigenvalue weighted by molar-refractivity contribution is 6.30. The molecule has 1 atom stereocenters. The van der Waals surface area contributed by atoms with Crippen LogP contribution < -0.4 is 0 Å². The molecule has 3 nitrogen and oxygen atoms in total. The smallest absolute Gasteiger partial charge is 0.254 e. The van der Waals surface area contributed by atoms with Crippen molar-refractivity contribution in [1.82, 2.24) is 4.90 Å². The molecule has 0 aromatic heterocycles. The summed E-state index contributed by atoms with van der Waals surface area (Å²) in [6.07, 6.45) is 0.108. The standard InChI is InChI=1S/C12H14ClNO2/c1-9-8-14(5-6-16-9)12(15)10-3-2-4-11(13)7-10/h2-4,7,9H,5-6,8H2,1H3/t9-/m0/s1. The molecule has 1 saturated heterocycles. The molecular weight excluding hydrogens is 226 g/mol. The van der Waals surface area contributed by atoms with Crippen molar-refractivity contribution in [3.63, 3.8) is 0 Å². The molecule has 1 amide bonds. The molecule has 16 heavy (non-hydrogen) atoms. The number of carbonyl (C=O) groups is 1. The van der Waals surface area contributed by atoms with Crippen molar-refractivity contribution in [3.05, 3.63) is 34.9 Å². The normalized spacial score (nSPS) is 20.9.